The standard InChI is InChI=1S/C80H92N8O16.Co/c1-9-37-101-77(93)51-41-47(51)73(89)85-59-29-17-30-60(86-74(90)48-42-52(48)78(94)102-38-10-2)71(59)69-55(81)25-13-21-45(67-63(97-5)33-19-34-64(67)98-6)23-15-27-57(83)70(58(84)28-16-24-46(22-14-26-56(69)82)68-65(99-7)35-20-36-66(68)100-8)72-61(87-75(91)49-43-53(49)79(95)103-39-11-3)31-18-32-62(72)88-76(92)50-44-54(50)80(96)104-40-12-4;/h13-23,25-36,47-54H,9-12,24,37-44H2,1-8H3,(H11,81,82,83,84,85,86,87,88,89,90,91,92);/p-4/b26-14-,28-16-,46-22-;/t47-,48-,49-,50-,51-,52-,53-,54-;/m1./s1. The Morgan fingerprint density at radius 3 is 1.11 bits per heavy atom. The molecule has 0 aromatic heterocycles. The first-order valence-electron chi connectivity index (χ1n) is 34.9. The monoisotopic (exact) mass is 1480 g/mol. The third-order valence-electron chi connectivity index (χ3n) is 18.0. The first kappa shape index (κ1) is 79.8. The molecule has 7 N–H and O–H groups in total. The summed E-state index contributed by atoms with van der Waals surface area (Å²) in [6.07, 6.45) is 19.6. The summed E-state index contributed by atoms with van der Waals surface area (Å²) in [5, 5.41) is 24.6. The fraction of sp³-hybridized carbons (Fsp3) is 0.362. The summed E-state index contributed by atoms with van der Waals surface area (Å²) in [4.78, 5) is 109. The van der Waals surface area contributed by atoms with E-state index in [4.69, 9.17) is 37.9 Å². The zero-order valence-electron chi connectivity index (χ0n) is 59.9. The van der Waals surface area contributed by atoms with Gasteiger partial charge in [-0.15, -0.1) is 17.1 Å². The number of nitrogens with zero attached hydrogens (tertiary/aromatic N) is 1. The molecule has 0 heterocycles. The summed E-state index contributed by atoms with van der Waals surface area (Å²) < 4.78 is 45.2. The second-order valence-electron chi connectivity index (χ2n) is 25.5. The van der Waals surface area contributed by atoms with Gasteiger partial charge in [-0.3, -0.25) is 38.4 Å². The molecule has 557 valence electrons. The maximum atomic E-state index is 14.3. The zero-order chi connectivity index (χ0) is 74.7. The van der Waals surface area contributed by atoms with E-state index in [-0.39, 0.29) is 137 Å². The summed E-state index contributed by atoms with van der Waals surface area (Å²) in [6, 6.07) is 19.6. The van der Waals surface area contributed by atoms with E-state index in [1.165, 1.54) is 83.1 Å². The van der Waals surface area contributed by atoms with Crippen LogP contribution in [0.3, 0.4) is 0 Å². The molecule has 4 aromatic rings. The van der Waals surface area contributed by atoms with Gasteiger partial charge in [0.25, 0.3) is 0 Å². The van der Waals surface area contributed by atoms with Crippen LogP contribution in [0, 0.1) is 47.3 Å². The minimum absolute atomic E-state index is 0. The van der Waals surface area contributed by atoms with Gasteiger partial charge in [-0.1, -0.05) is 119 Å². The Bertz CT molecular complexity index is 4100. The van der Waals surface area contributed by atoms with E-state index in [0.29, 0.717) is 71.0 Å². The molecule has 4 amide bonds. The number of allylic oxidation sites excluding steroid dienone is 15. The number of nitrogens with one attached hydrogen (secondary N) is 7. The van der Waals surface area contributed by atoms with Gasteiger partial charge in [0, 0.05) is 27.9 Å². The first-order valence-corrected chi connectivity index (χ1v) is 34.9. The second-order valence-corrected chi connectivity index (χ2v) is 25.5. The molecule has 4 saturated carbocycles. The van der Waals surface area contributed by atoms with E-state index in [1.54, 1.807) is 85.0 Å². The number of carbonyl (C=O) groups is 8. The minimum Gasteiger partial charge on any atom is -0.803 e. The number of carbonyl (C=O) groups excluding carboxylic acids is 8. The summed E-state index contributed by atoms with van der Waals surface area (Å²) in [6.45, 7) is 8.12. The van der Waals surface area contributed by atoms with Crippen LogP contribution in [-0.2, 0) is 74.1 Å². The maximum Gasteiger partial charge on any atom is 0.309 e. The number of anilines is 4. The van der Waals surface area contributed by atoms with E-state index in [9.17, 15) is 61.0 Å². The first-order chi connectivity index (χ1) is 50.2. The summed E-state index contributed by atoms with van der Waals surface area (Å²) in [5.74, 6) is -8.92. The Morgan fingerprint density at radius 1 is 0.410 bits per heavy atom. The molecule has 24 nitrogen and oxygen atoms in total. The predicted molar refractivity (Wildman–Crippen MR) is 398 cm³/mol. The molecule has 105 heavy (non-hydrogen) atoms. The molecule has 0 spiro atoms. The van der Waals surface area contributed by atoms with Crippen molar-refractivity contribution in [2.45, 2.75) is 85.5 Å². The Labute approximate surface area is 621 Å². The number of amides is 4. The topological polar surface area (TPSA) is 352 Å². The quantitative estimate of drug-likeness (QED) is 0.0303. The minimum atomic E-state index is -0.792. The second kappa shape index (κ2) is 37.5. The molecular weight excluding hydrogens is 1390 g/mol. The van der Waals surface area contributed by atoms with Crippen molar-refractivity contribution >= 4 is 98.3 Å². The molecule has 0 saturated heterocycles. The molecule has 8 atom stereocenters. The average molecular weight is 1480 g/mol. The number of methoxy groups -OCH3 is 4. The molecule has 0 aliphatic heterocycles. The van der Waals surface area contributed by atoms with Gasteiger partial charge < -0.3 is 81.8 Å². The van der Waals surface area contributed by atoms with Crippen molar-refractivity contribution < 1.29 is 93.0 Å². The molecular formula is C80H88CoN8O16-4. The largest absolute Gasteiger partial charge is 0.803 e. The van der Waals surface area contributed by atoms with Gasteiger partial charge in [-0.05, 0) is 129 Å². The van der Waals surface area contributed by atoms with Crippen molar-refractivity contribution in [3.05, 3.63) is 202 Å². The fourth-order valence-corrected chi connectivity index (χ4v) is 12.2. The molecule has 9 rings (SSSR count). The van der Waals surface area contributed by atoms with Crippen molar-refractivity contribution in [2.75, 3.05) is 76.1 Å². The van der Waals surface area contributed by atoms with Gasteiger partial charge in [-0.25, -0.2) is 0 Å². The van der Waals surface area contributed by atoms with Crippen LogP contribution in [0.2, 0.25) is 0 Å². The third-order valence-corrected chi connectivity index (χ3v) is 18.0. The van der Waals surface area contributed by atoms with Crippen LogP contribution in [0.25, 0.3) is 44.9 Å². The normalized spacial score (nSPS) is 24.5. The third kappa shape index (κ3) is 19.9. The van der Waals surface area contributed by atoms with Gasteiger partial charge >= 0.3 is 23.9 Å². The SMILES string of the molecule is CCCOC(=O)[C@@H]1C[C@H]1C(=O)Nc1cccc(NC(=O)[C@@H]2C[C@H]2C(=O)OCCC)c1\C1=C([NH-])/C=C\C=C(/c2c(OC)cccc2OC)C\C=C/C([NH-])=C(c2c(NC(=O)[C@@H]3C[C@H]3C(=O)OCCC)cccc2NC(=O)[C@@H]2C[C@H]2C(=O)OCCC)/C([NH-])=C/C=C/C(c2c(OC)cccc2OC)=C/C=C\C1=[N-].[Co]. The predicted octanol–water partition coefficient (Wildman–Crippen LogP) is 14.8. The van der Waals surface area contributed by atoms with Crippen molar-refractivity contribution in [2.24, 2.45) is 47.3 Å². The van der Waals surface area contributed by atoms with Crippen molar-refractivity contribution in [3.63, 3.8) is 0 Å². The maximum absolute atomic E-state index is 14.3. The van der Waals surface area contributed by atoms with Crippen molar-refractivity contribution in [1.29, 1.82) is 0 Å². The number of hydrogen-bond acceptors (Lipinski definition) is 16. The summed E-state index contributed by atoms with van der Waals surface area (Å²) in [5.41, 5.74) is 30.3. The molecule has 0 bridgehead atoms. The summed E-state index contributed by atoms with van der Waals surface area (Å²) >= 11 is 0. The molecule has 5 aliphatic carbocycles. The van der Waals surface area contributed by atoms with Gasteiger partial charge in [0.15, 0.2) is 0 Å². The average Bonchev–Trinajstić information content (AvgIpc) is 1.54. The van der Waals surface area contributed by atoms with Gasteiger partial charge in [0.1, 0.15) is 23.0 Å². The van der Waals surface area contributed by atoms with Crippen LogP contribution in [0.5, 0.6) is 23.0 Å². The van der Waals surface area contributed by atoms with Crippen LogP contribution in [0.15, 0.2) is 157 Å². The number of esters is 4. The number of ether oxygens (including phenoxy) is 8. The Kier molecular flexibility index (Phi) is 28.5. The summed E-state index contributed by atoms with van der Waals surface area (Å²) in [7, 11) is 5.87. The van der Waals surface area contributed by atoms with Crippen LogP contribution in [0.4, 0.5) is 22.7 Å². The Morgan fingerprint density at radius 2 is 0.743 bits per heavy atom. The van der Waals surface area contributed by atoms with E-state index in [1.807, 2.05) is 27.7 Å². The smallest absolute Gasteiger partial charge is 0.309 e. The van der Waals surface area contributed by atoms with E-state index >= 15 is 0 Å². The fourth-order valence-electron chi connectivity index (χ4n) is 12.2. The Balaban J connectivity index is 0.0000139. The zero-order valence-corrected chi connectivity index (χ0v) is 60.9. The van der Waals surface area contributed by atoms with Gasteiger partial charge in [0.05, 0.1) is 136 Å². The number of benzene rings is 4. The van der Waals surface area contributed by atoms with Crippen LogP contribution in [0.1, 0.15) is 108 Å². The van der Waals surface area contributed by atoms with Crippen LogP contribution < -0.4 is 40.2 Å². The van der Waals surface area contributed by atoms with Gasteiger partial charge in [-0.2, -0.15) is 5.71 Å². The van der Waals surface area contributed by atoms with E-state index in [2.05, 4.69) is 21.3 Å². The molecule has 1 radical (unpaired) electrons. The molecule has 0 unspecified atom stereocenters. The molecule has 5 aliphatic rings. The van der Waals surface area contributed by atoms with E-state index < -0.39 is 101 Å². The molecule has 4 fully saturated rings. The van der Waals surface area contributed by atoms with Gasteiger partial charge in [0.2, 0.25) is 23.6 Å². The number of rotatable bonds is 28. The van der Waals surface area contributed by atoms with Crippen LogP contribution in [-0.4, -0.2) is 108 Å². The van der Waals surface area contributed by atoms with Crippen molar-refractivity contribution in [1.82, 2.24) is 0 Å². The molecule has 25 heteroatoms. The van der Waals surface area contributed by atoms with Crippen molar-refractivity contribution in [3.8, 4) is 23.0 Å². The number of hydrogen-bond donors (Lipinski definition) is 4. The van der Waals surface area contributed by atoms with Crippen LogP contribution >= 0.6 is 0 Å². The Hall–Kier alpha value is -10.9. The van der Waals surface area contributed by atoms with E-state index in [0.717, 1.165) is 0 Å². The molecule has 4 aromatic carbocycles.